The molecule has 0 aromatic rings. The lowest BCUT2D eigenvalue weighted by molar-refractivity contribution is -0.00648. The summed E-state index contributed by atoms with van der Waals surface area (Å²) in [6.07, 6.45) is 2.08. The predicted molar refractivity (Wildman–Crippen MR) is 88.1 cm³/mol. The van der Waals surface area contributed by atoms with E-state index in [0.717, 1.165) is 52.2 Å². The van der Waals surface area contributed by atoms with Crippen LogP contribution in [-0.4, -0.2) is 83.6 Å². The number of rotatable bonds is 2. The van der Waals surface area contributed by atoms with Crippen LogP contribution in [0.4, 0.5) is 0 Å². The number of likely N-dealkylation sites (tertiary alicyclic amines) is 1. The minimum atomic E-state index is -0.223. The third-order valence-electron chi connectivity index (χ3n) is 5.49. The van der Waals surface area contributed by atoms with Crippen molar-refractivity contribution in [3.63, 3.8) is 0 Å². The molecule has 0 unspecified atom stereocenters. The van der Waals surface area contributed by atoms with Crippen LogP contribution in [0.25, 0.3) is 0 Å². The van der Waals surface area contributed by atoms with Gasteiger partial charge in [-0.15, -0.1) is 0 Å². The lowest BCUT2D eigenvalue weighted by atomic mass is 9.79. The summed E-state index contributed by atoms with van der Waals surface area (Å²) in [7, 11) is 0. The quantitative estimate of drug-likeness (QED) is 0.785. The molecule has 0 aliphatic carbocycles. The molecule has 3 aliphatic rings. The van der Waals surface area contributed by atoms with E-state index in [-0.39, 0.29) is 23.2 Å². The first-order chi connectivity index (χ1) is 10.3. The highest BCUT2D eigenvalue weighted by Crippen LogP contribution is 2.33. The molecule has 0 aromatic heterocycles. The summed E-state index contributed by atoms with van der Waals surface area (Å²) < 4.78 is 5.45. The lowest BCUT2D eigenvalue weighted by Crippen LogP contribution is -2.62. The van der Waals surface area contributed by atoms with Crippen LogP contribution >= 0.6 is 0 Å². The highest BCUT2D eigenvalue weighted by atomic mass is 16.5. The minimum absolute atomic E-state index is 0.161. The van der Waals surface area contributed by atoms with Gasteiger partial charge < -0.3 is 15.2 Å². The Hall–Kier alpha value is -0.200. The van der Waals surface area contributed by atoms with Crippen LogP contribution in [0.3, 0.4) is 0 Å². The molecule has 2 N–H and O–H groups in total. The maximum atomic E-state index is 10.6. The Labute approximate surface area is 135 Å². The van der Waals surface area contributed by atoms with Gasteiger partial charge in [0.2, 0.25) is 0 Å². The standard InChI is InChI=1S/C17H33N3O2/c1-16(2)9-13(10-17(3,4)18-16)20-11-14(15(21)12-20)19-5-7-22-8-6-19/h13-15,18,21H,5-12H2,1-4H3/t14-,15-/m0/s1. The van der Waals surface area contributed by atoms with E-state index >= 15 is 0 Å². The molecule has 5 nitrogen and oxygen atoms in total. The second-order valence-corrected chi connectivity index (χ2v) is 8.69. The summed E-state index contributed by atoms with van der Waals surface area (Å²) in [5, 5.41) is 14.3. The van der Waals surface area contributed by atoms with Crippen molar-refractivity contribution in [2.75, 3.05) is 39.4 Å². The Bertz CT molecular complexity index is 377. The highest BCUT2D eigenvalue weighted by Gasteiger charge is 2.44. The molecule has 128 valence electrons. The van der Waals surface area contributed by atoms with Gasteiger partial charge >= 0.3 is 0 Å². The Balaban J connectivity index is 1.65. The van der Waals surface area contributed by atoms with Crippen LogP contribution in [0, 0.1) is 0 Å². The van der Waals surface area contributed by atoms with Crippen molar-refractivity contribution in [3.05, 3.63) is 0 Å². The molecule has 22 heavy (non-hydrogen) atoms. The zero-order chi connectivity index (χ0) is 16.0. The van der Waals surface area contributed by atoms with Crippen LogP contribution < -0.4 is 5.32 Å². The van der Waals surface area contributed by atoms with Crippen LogP contribution in [0.5, 0.6) is 0 Å². The van der Waals surface area contributed by atoms with Gasteiger partial charge in [0.1, 0.15) is 0 Å². The fourth-order valence-electron chi connectivity index (χ4n) is 4.89. The second-order valence-electron chi connectivity index (χ2n) is 8.69. The summed E-state index contributed by atoms with van der Waals surface area (Å²) in [6.45, 7) is 14.5. The average molecular weight is 311 g/mol. The summed E-state index contributed by atoms with van der Waals surface area (Å²) >= 11 is 0. The van der Waals surface area contributed by atoms with Crippen LogP contribution in [0.2, 0.25) is 0 Å². The SMILES string of the molecule is CC1(C)CC(N2C[C@H](O)[C@@H](N3CCOCC3)C2)CC(C)(C)N1. The van der Waals surface area contributed by atoms with Gasteiger partial charge in [0.25, 0.3) is 0 Å². The number of morpholine rings is 1. The number of aliphatic hydroxyl groups is 1. The monoisotopic (exact) mass is 311 g/mol. The fourth-order valence-corrected chi connectivity index (χ4v) is 4.89. The van der Waals surface area contributed by atoms with E-state index in [0.29, 0.717) is 6.04 Å². The molecule has 3 aliphatic heterocycles. The smallest absolute Gasteiger partial charge is 0.0834 e. The van der Waals surface area contributed by atoms with Gasteiger partial charge in [-0.05, 0) is 40.5 Å². The van der Waals surface area contributed by atoms with Crippen LogP contribution in [-0.2, 0) is 4.74 Å². The highest BCUT2D eigenvalue weighted by molar-refractivity contribution is 5.03. The van der Waals surface area contributed by atoms with Gasteiger partial charge in [0.15, 0.2) is 0 Å². The largest absolute Gasteiger partial charge is 0.390 e. The van der Waals surface area contributed by atoms with E-state index < -0.39 is 0 Å². The van der Waals surface area contributed by atoms with Crippen molar-refractivity contribution in [2.24, 2.45) is 0 Å². The molecule has 0 radical (unpaired) electrons. The van der Waals surface area contributed by atoms with E-state index in [9.17, 15) is 5.11 Å². The van der Waals surface area contributed by atoms with Crippen molar-refractivity contribution in [1.29, 1.82) is 0 Å². The number of hydrogen-bond acceptors (Lipinski definition) is 5. The van der Waals surface area contributed by atoms with Gasteiger partial charge in [-0.1, -0.05) is 0 Å². The molecule has 0 aromatic carbocycles. The Morgan fingerprint density at radius 2 is 1.55 bits per heavy atom. The number of nitrogens with zero attached hydrogens (tertiary/aromatic N) is 2. The first-order valence-electron chi connectivity index (χ1n) is 8.79. The van der Waals surface area contributed by atoms with E-state index in [1.165, 1.54) is 0 Å². The Kier molecular flexibility index (Phi) is 4.56. The zero-order valence-electron chi connectivity index (χ0n) is 14.6. The third-order valence-corrected chi connectivity index (χ3v) is 5.49. The molecule has 3 saturated heterocycles. The van der Waals surface area contributed by atoms with Crippen molar-refractivity contribution in [3.8, 4) is 0 Å². The summed E-state index contributed by atoms with van der Waals surface area (Å²) in [6, 6.07) is 0.844. The van der Waals surface area contributed by atoms with Crippen molar-refractivity contribution in [1.82, 2.24) is 15.1 Å². The van der Waals surface area contributed by atoms with Gasteiger partial charge in [-0.25, -0.2) is 0 Å². The van der Waals surface area contributed by atoms with E-state index in [4.69, 9.17) is 4.74 Å². The molecular weight excluding hydrogens is 278 g/mol. The van der Waals surface area contributed by atoms with Gasteiger partial charge in [-0.3, -0.25) is 9.80 Å². The summed E-state index contributed by atoms with van der Waals surface area (Å²) in [5.41, 5.74) is 0.322. The number of nitrogens with one attached hydrogen (secondary N) is 1. The van der Waals surface area contributed by atoms with Crippen molar-refractivity contribution >= 4 is 0 Å². The number of piperidine rings is 1. The number of hydrogen-bond donors (Lipinski definition) is 2. The Morgan fingerprint density at radius 3 is 2.14 bits per heavy atom. The minimum Gasteiger partial charge on any atom is -0.390 e. The second kappa shape index (κ2) is 6.02. The molecule has 2 atom stereocenters. The van der Waals surface area contributed by atoms with Crippen molar-refractivity contribution in [2.45, 2.75) is 69.8 Å². The molecule has 3 fully saturated rings. The van der Waals surface area contributed by atoms with Crippen molar-refractivity contribution < 1.29 is 9.84 Å². The maximum Gasteiger partial charge on any atom is 0.0834 e. The molecule has 0 spiro atoms. The molecule has 5 heteroatoms. The molecular formula is C17H33N3O2. The zero-order valence-corrected chi connectivity index (χ0v) is 14.6. The normalized spacial score (nSPS) is 37.5. The molecule has 3 heterocycles. The predicted octanol–water partition coefficient (Wildman–Crippen LogP) is 0.673. The molecule has 3 rings (SSSR count). The number of β-amino-alcohol motifs (C(OH)–C–C–N with tert-alkyl or cyclic N) is 1. The fraction of sp³-hybridized carbons (Fsp3) is 1.00. The third kappa shape index (κ3) is 3.65. The van der Waals surface area contributed by atoms with E-state index in [2.05, 4.69) is 42.8 Å². The van der Waals surface area contributed by atoms with Gasteiger partial charge in [0, 0.05) is 49.3 Å². The first-order valence-corrected chi connectivity index (χ1v) is 8.79. The maximum absolute atomic E-state index is 10.6. The van der Waals surface area contributed by atoms with Gasteiger partial charge in [-0.2, -0.15) is 0 Å². The summed E-state index contributed by atoms with van der Waals surface area (Å²) in [4.78, 5) is 4.96. The average Bonchev–Trinajstić information content (AvgIpc) is 2.78. The Morgan fingerprint density at radius 1 is 0.955 bits per heavy atom. The van der Waals surface area contributed by atoms with E-state index in [1.807, 2.05) is 0 Å². The first kappa shape index (κ1) is 16.7. The topological polar surface area (TPSA) is 48.0 Å². The summed E-state index contributed by atoms with van der Waals surface area (Å²) in [5.74, 6) is 0. The van der Waals surface area contributed by atoms with Crippen LogP contribution in [0.1, 0.15) is 40.5 Å². The van der Waals surface area contributed by atoms with Gasteiger partial charge in [0.05, 0.1) is 19.3 Å². The molecule has 0 amide bonds. The lowest BCUT2D eigenvalue weighted by Gasteiger charge is -2.49. The van der Waals surface area contributed by atoms with Crippen LogP contribution in [0.15, 0.2) is 0 Å². The molecule has 0 saturated carbocycles. The number of aliphatic hydroxyl groups excluding tert-OH is 1. The number of ether oxygens (including phenoxy) is 1. The molecule has 0 bridgehead atoms. The van der Waals surface area contributed by atoms with E-state index in [1.54, 1.807) is 0 Å².